The second-order valence-electron chi connectivity index (χ2n) is 12.7. The maximum Gasteiger partial charge on any atom is 0.303 e. The van der Waals surface area contributed by atoms with E-state index in [1.54, 1.807) is 0 Å². The van der Waals surface area contributed by atoms with Crippen LogP contribution in [0, 0.1) is 41.4 Å². The molecule has 7 nitrogen and oxygen atoms in total. The lowest BCUT2D eigenvalue weighted by Crippen LogP contribution is -2.53. The van der Waals surface area contributed by atoms with Crippen molar-refractivity contribution in [2.45, 2.75) is 104 Å². The Hall–Kier alpha value is -1.70. The Morgan fingerprint density at radius 2 is 1.68 bits per heavy atom. The van der Waals surface area contributed by atoms with Gasteiger partial charge in [-0.2, -0.15) is 0 Å². The molecule has 1 amide bonds. The number of fused-ring (bicyclic) bond motifs is 5. The molecular formula is C31H50N2O5. The van der Waals surface area contributed by atoms with Gasteiger partial charge in [0, 0.05) is 19.0 Å². The monoisotopic (exact) mass is 530 g/mol. The molecule has 0 spiro atoms. The quantitative estimate of drug-likeness (QED) is 0.164. The van der Waals surface area contributed by atoms with Gasteiger partial charge in [0.15, 0.2) is 0 Å². The molecule has 214 valence electrons. The standard InChI is InChI=1S/C31H50N2O5/c1-17(2)7-5-8-23(31(37)33-14-6-13-32)30-25-15-27(36)29-21-11-12-26(35)18(3)20(21)9-10-22(29)24(25)16-28(30)38-19(4)34/h7,18,20-22,24-29,35-36H,5-6,8-16,32H2,1-4H3,(H,33,37)/b30-23-/t18-,20?,21?,22?,24?,25?,26+,27?,28?,29?/m0/s1. The summed E-state index contributed by atoms with van der Waals surface area (Å²) in [6.45, 7) is 8.76. The van der Waals surface area contributed by atoms with E-state index < -0.39 is 12.2 Å². The molecule has 4 aliphatic rings. The number of allylic oxidation sites excluding steroid dienone is 2. The van der Waals surface area contributed by atoms with Gasteiger partial charge in [-0.25, -0.2) is 0 Å². The number of amides is 1. The molecule has 4 rings (SSSR count). The topological polar surface area (TPSA) is 122 Å². The molecule has 38 heavy (non-hydrogen) atoms. The van der Waals surface area contributed by atoms with Crippen molar-refractivity contribution >= 4 is 11.9 Å². The van der Waals surface area contributed by atoms with Crippen LogP contribution in [0.4, 0.5) is 0 Å². The second kappa shape index (κ2) is 12.6. The first kappa shape index (κ1) is 29.3. The maximum absolute atomic E-state index is 13.5. The first-order valence-corrected chi connectivity index (χ1v) is 15.0. The molecule has 0 radical (unpaired) electrons. The molecule has 4 saturated carbocycles. The van der Waals surface area contributed by atoms with Crippen LogP contribution >= 0.6 is 0 Å². The summed E-state index contributed by atoms with van der Waals surface area (Å²) in [5.74, 6) is 1.64. The van der Waals surface area contributed by atoms with Gasteiger partial charge < -0.3 is 26.0 Å². The lowest BCUT2D eigenvalue weighted by atomic mass is 9.51. The number of carbonyl (C=O) groups is 2. The number of hydrogen-bond donors (Lipinski definition) is 4. The Labute approximate surface area is 228 Å². The molecule has 4 fully saturated rings. The number of rotatable bonds is 8. The number of ether oxygens (including phenoxy) is 1. The van der Waals surface area contributed by atoms with Gasteiger partial charge in [-0.3, -0.25) is 9.59 Å². The summed E-state index contributed by atoms with van der Waals surface area (Å²) < 4.78 is 5.93. The summed E-state index contributed by atoms with van der Waals surface area (Å²) in [7, 11) is 0. The predicted octanol–water partition coefficient (Wildman–Crippen LogP) is 3.88. The minimum absolute atomic E-state index is 0.0423. The highest BCUT2D eigenvalue weighted by Gasteiger charge is 2.57. The van der Waals surface area contributed by atoms with Crippen LogP contribution in [0.2, 0.25) is 0 Å². The number of esters is 1. The van der Waals surface area contributed by atoms with Crippen LogP contribution in [0.25, 0.3) is 0 Å². The van der Waals surface area contributed by atoms with Crippen molar-refractivity contribution in [2.24, 2.45) is 47.2 Å². The van der Waals surface area contributed by atoms with Gasteiger partial charge in [0.25, 0.3) is 0 Å². The van der Waals surface area contributed by atoms with Crippen molar-refractivity contribution < 1.29 is 24.5 Å². The van der Waals surface area contributed by atoms with Gasteiger partial charge in [0.2, 0.25) is 5.91 Å². The average molecular weight is 531 g/mol. The van der Waals surface area contributed by atoms with E-state index in [-0.39, 0.29) is 35.7 Å². The zero-order valence-electron chi connectivity index (χ0n) is 23.8. The Kier molecular flexibility index (Phi) is 9.75. The highest BCUT2D eigenvalue weighted by atomic mass is 16.5. The van der Waals surface area contributed by atoms with Crippen molar-refractivity contribution in [3.8, 4) is 0 Å². The smallest absolute Gasteiger partial charge is 0.303 e. The molecule has 4 aliphatic carbocycles. The summed E-state index contributed by atoms with van der Waals surface area (Å²) in [6.07, 6.45) is 8.30. The third-order valence-electron chi connectivity index (χ3n) is 10.2. The summed E-state index contributed by atoms with van der Waals surface area (Å²) in [5.41, 5.74) is 8.54. The maximum atomic E-state index is 13.5. The van der Waals surface area contributed by atoms with Crippen LogP contribution in [0.5, 0.6) is 0 Å². The molecule has 0 saturated heterocycles. The van der Waals surface area contributed by atoms with Crippen LogP contribution in [0.1, 0.15) is 85.5 Å². The molecule has 5 N–H and O–H groups in total. The molecular weight excluding hydrogens is 480 g/mol. The summed E-state index contributed by atoms with van der Waals surface area (Å²) in [4.78, 5) is 25.8. The number of nitrogens with two attached hydrogens (primary N) is 1. The number of nitrogens with one attached hydrogen (secondary N) is 1. The second-order valence-corrected chi connectivity index (χ2v) is 12.7. The van der Waals surface area contributed by atoms with Crippen LogP contribution in [0.15, 0.2) is 22.8 Å². The Balaban J connectivity index is 1.68. The fourth-order valence-corrected chi connectivity index (χ4v) is 8.67. The van der Waals surface area contributed by atoms with E-state index in [1.165, 1.54) is 12.5 Å². The molecule has 0 aromatic rings. The largest absolute Gasteiger partial charge is 0.458 e. The molecule has 0 bridgehead atoms. The van der Waals surface area contributed by atoms with Crippen molar-refractivity contribution in [3.63, 3.8) is 0 Å². The zero-order valence-corrected chi connectivity index (χ0v) is 23.8. The highest BCUT2D eigenvalue weighted by molar-refractivity contribution is 5.94. The lowest BCUT2D eigenvalue weighted by Gasteiger charge is -2.55. The van der Waals surface area contributed by atoms with Gasteiger partial charge in [-0.15, -0.1) is 0 Å². The molecule has 0 aromatic heterocycles. The molecule has 0 aliphatic heterocycles. The Bertz CT molecular complexity index is 925. The van der Waals surface area contributed by atoms with Crippen LogP contribution < -0.4 is 11.1 Å². The van der Waals surface area contributed by atoms with Gasteiger partial charge in [0.05, 0.1) is 12.2 Å². The summed E-state index contributed by atoms with van der Waals surface area (Å²) in [6, 6.07) is 0. The normalized spacial score (nSPS) is 39.3. The van der Waals surface area contributed by atoms with E-state index in [2.05, 4.69) is 32.2 Å². The van der Waals surface area contributed by atoms with Crippen LogP contribution in [-0.4, -0.2) is 53.5 Å². The molecule has 7 heteroatoms. The molecule has 0 heterocycles. The fourth-order valence-electron chi connectivity index (χ4n) is 8.67. The average Bonchev–Trinajstić information content (AvgIpc) is 3.20. The third kappa shape index (κ3) is 6.05. The highest BCUT2D eigenvalue weighted by Crippen LogP contribution is 2.60. The Morgan fingerprint density at radius 3 is 2.37 bits per heavy atom. The van der Waals surface area contributed by atoms with E-state index in [0.29, 0.717) is 56.0 Å². The molecule has 8 unspecified atom stereocenters. The lowest BCUT2D eigenvalue weighted by molar-refractivity contribution is -0.145. The first-order chi connectivity index (χ1) is 18.1. The minimum atomic E-state index is -0.443. The number of hydrogen-bond acceptors (Lipinski definition) is 6. The van der Waals surface area contributed by atoms with Crippen molar-refractivity contribution in [3.05, 3.63) is 22.8 Å². The van der Waals surface area contributed by atoms with E-state index in [4.69, 9.17) is 10.5 Å². The SMILES string of the molecule is CC(=O)OC1CC2C(CC(O)C3C2CCC2C3CC[C@@H](O)[C@H]2C)/C1=C(\CCC=C(C)C)C(=O)NCCCN. The van der Waals surface area contributed by atoms with Gasteiger partial charge in [0.1, 0.15) is 6.10 Å². The van der Waals surface area contributed by atoms with Gasteiger partial charge >= 0.3 is 5.97 Å². The first-order valence-electron chi connectivity index (χ1n) is 15.0. The van der Waals surface area contributed by atoms with E-state index in [9.17, 15) is 19.8 Å². The van der Waals surface area contributed by atoms with Crippen molar-refractivity contribution in [1.29, 1.82) is 0 Å². The summed E-state index contributed by atoms with van der Waals surface area (Å²) in [5, 5.41) is 25.2. The van der Waals surface area contributed by atoms with Crippen LogP contribution in [0.3, 0.4) is 0 Å². The minimum Gasteiger partial charge on any atom is -0.458 e. The van der Waals surface area contributed by atoms with Crippen LogP contribution in [-0.2, 0) is 14.3 Å². The van der Waals surface area contributed by atoms with Crippen molar-refractivity contribution in [2.75, 3.05) is 13.1 Å². The van der Waals surface area contributed by atoms with Gasteiger partial charge in [-0.1, -0.05) is 18.6 Å². The number of aliphatic hydroxyl groups is 2. The van der Waals surface area contributed by atoms with Gasteiger partial charge in [-0.05, 0) is 125 Å². The number of aliphatic hydroxyl groups excluding tert-OH is 2. The number of carbonyl (C=O) groups excluding carboxylic acids is 2. The van der Waals surface area contributed by atoms with Crippen molar-refractivity contribution in [1.82, 2.24) is 5.32 Å². The summed E-state index contributed by atoms with van der Waals surface area (Å²) >= 11 is 0. The van der Waals surface area contributed by atoms with E-state index in [0.717, 1.165) is 49.7 Å². The zero-order chi connectivity index (χ0) is 27.6. The van der Waals surface area contributed by atoms with E-state index >= 15 is 0 Å². The molecule has 10 atom stereocenters. The Morgan fingerprint density at radius 1 is 1.00 bits per heavy atom. The van der Waals surface area contributed by atoms with E-state index in [1.807, 2.05) is 0 Å². The predicted molar refractivity (Wildman–Crippen MR) is 148 cm³/mol. The fraction of sp³-hybridized carbons (Fsp3) is 0.806. The third-order valence-corrected chi connectivity index (χ3v) is 10.2. The molecule has 0 aromatic carbocycles.